The first-order chi connectivity index (χ1) is 8.74. The van der Waals surface area contributed by atoms with Crippen molar-refractivity contribution in [1.29, 1.82) is 0 Å². The maximum absolute atomic E-state index is 4.45. The zero-order valence-electron chi connectivity index (χ0n) is 8.92. The Kier molecular flexibility index (Phi) is 3.36. The quantitative estimate of drug-likeness (QED) is 0.672. The van der Waals surface area contributed by atoms with E-state index in [0.29, 0.717) is 0 Å². The molecule has 3 rings (SSSR count). The second kappa shape index (κ2) is 4.99. The molecule has 0 atom stereocenters. The lowest BCUT2D eigenvalue weighted by Crippen LogP contribution is -1.92. The van der Waals surface area contributed by atoms with Gasteiger partial charge in [0.1, 0.15) is 14.7 Å². The van der Waals surface area contributed by atoms with Crippen molar-refractivity contribution in [3.05, 3.63) is 46.0 Å². The summed E-state index contributed by atoms with van der Waals surface area (Å²) in [6.07, 6.45) is 7.27. The van der Waals surface area contributed by atoms with Crippen LogP contribution in [0.25, 0.3) is 5.65 Å². The van der Waals surface area contributed by atoms with Gasteiger partial charge in [-0.25, -0.2) is 15.0 Å². The van der Waals surface area contributed by atoms with Crippen LogP contribution in [0.2, 0.25) is 0 Å². The number of halogens is 2. The molecular formula is C11H6Br2N4S. The molecule has 3 aromatic rings. The summed E-state index contributed by atoms with van der Waals surface area (Å²) in [7, 11) is 0. The predicted molar refractivity (Wildman–Crippen MR) is 76.7 cm³/mol. The number of rotatable bonds is 2. The molecule has 3 heterocycles. The molecule has 7 heteroatoms. The number of pyridine rings is 1. The summed E-state index contributed by atoms with van der Waals surface area (Å²) >= 11 is 8.35. The van der Waals surface area contributed by atoms with E-state index in [1.54, 1.807) is 12.4 Å². The van der Waals surface area contributed by atoms with Gasteiger partial charge in [-0.3, -0.25) is 0 Å². The van der Waals surface area contributed by atoms with Gasteiger partial charge in [0.15, 0.2) is 5.65 Å². The van der Waals surface area contributed by atoms with Crippen molar-refractivity contribution < 1.29 is 0 Å². The fourth-order valence-corrected chi connectivity index (χ4v) is 3.35. The lowest BCUT2D eigenvalue weighted by Gasteiger charge is -2.04. The van der Waals surface area contributed by atoms with Gasteiger partial charge in [-0.15, -0.1) is 0 Å². The van der Waals surface area contributed by atoms with Crippen LogP contribution in [-0.2, 0) is 0 Å². The zero-order valence-corrected chi connectivity index (χ0v) is 12.9. The highest BCUT2D eigenvalue weighted by Crippen LogP contribution is 2.32. The summed E-state index contributed by atoms with van der Waals surface area (Å²) in [5, 5.41) is 1.68. The second-order valence-corrected chi connectivity index (χ2v) is 6.06. The van der Waals surface area contributed by atoms with E-state index in [1.807, 2.05) is 28.9 Å². The summed E-state index contributed by atoms with van der Waals surface area (Å²) in [4.78, 5) is 13.1. The SMILES string of the molecule is Brc1cn2ccnc2c(Sc2ncccc2Br)n1. The largest absolute Gasteiger partial charge is 0.302 e. The lowest BCUT2D eigenvalue weighted by atomic mass is 10.5. The third-order valence-corrected chi connectivity index (χ3v) is 4.50. The van der Waals surface area contributed by atoms with Gasteiger partial charge in [0.05, 0.1) is 4.47 Å². The Hall–Kier alpha value is -0.920. The van der Waals surface area contributed by atoms with Crippen LogP contribution in [0.5, 0.6) is 0 Å². The van der Waals surface area contributed by atoms with Crippen molar-refractivity contribution in [3.8, 4) is 0 Å². The van der Waals surface area contributed by atoms with Crippen molar-refractivity contribution in [3.63, 3.8) is 0 Å². The fraction of sp³-hybridized carbons (Fsp3) is 0. The van der Waals surface area contributed by atoms with E-state index in [2.05, 4.69) is 46.8 Å². The average molecular weight is 386 g/mol. The zero-order chi connectivity index (χ0) is 12.5. The number of nitrogens with zero attached hydrogens (tertiary/aromatic N) is 4. The van der Waals surface area contributed by atoms with E-state index < -0.39 is 0 Å². The highest BCUT2D eigenvalue weighted by Gasteiger charge is 2.10. The summed E-state index contributed by atoms with van der Waals surface area (Å²) in [6, 6.07) is 3.84. The van der Waals surface area contributed by atoms with Crippen LogP contribution >= 0.6 is 43.6 Å². The molecule has 0 aliphatic carbocycles. The van der Waals surface area contributed by atoms with Gasteiger partial charge in [-0.1, -0.05) is 0 Å². The molecule has 4 nitrogen and oxygen atoms in total. The van der Waals surface area contributed by atoms with Crippen molar-refractivity contribution in [2.24, 2.45) is 0 Å². The first-order valence-electron chi connectivity index (χ1n) is 5.01. The molecule has 90 valence electrons. The molecule has 0 aliphatic heterocycles. The van der Waals surface area contributed by atoms with Gasteiger partial charge in [-0.2, -0.15) is 0 Å². The van der Waals surface area contributed by atoms with E-state index in [1.165, 1.54) is 11.8 Å². The molecule has 0 amide bonds. The minimum Gasteiger partial charge on any atom is -0.302 e. The topological polar surface area (TPSA) is 43.1 Å². The predicted octanol–water partition coefficient (Wildman–Crippen LogP) is 3.80. The number of fused-ring (bicyclic) bond motifs is 1. The summed E-state index contributed by atoms with van der Waals surface area (Å²) in [5.41, 5.74) is 0.820. The van der Waals surface area contributed by atoms with Crippen LogP contribution in [0.15, 0.2) is 56.0 Å². The molecule has 0 bridgehead atoms. The van der Waals surface area contributed by atoms with Crippen LogP contribution in [0.1, 0.15) is 0 Å². The molecule has 3 aromatic heterocycles. The smallest absolute Gasteiger partial charge is 0.170 e. The Morgan fingerprint density at radius 3 is 2.83 bits per heavy atom. The van der Waals surface area contributed by atoms with E-state index >= 15 is 0 Å². The van der Waals surface area contributed by atoms with Gasteiger partial charge in [0, 0.05) is 24.8 Å². The normalized spacial score (nSPS) is 11.0. The Morgan fingerprint density at radius 1 is 1.11 bits per heavy atom. The molecule has 0 spiro atoms. The van der Waals surface area contributed by atoms with E-state index in [0.717, 1.165) is 24.8 Å². The van der Waals surface area contributed by atoms with Crippen molar-refractivity contribution in [2.45, 2.75) is 10.1 Å². The van der Waals surface area contributed by atoms with Crippen LogP contribution in [0, 0.1) is 0 Å². The van der Waals surface area contributed by atoms with Gasteiger partial charge >= 0.3 is 0 Å². The lowest BCUT2D eigenvalue weighted by molar-refractivity contribution is 1.000. The Balaban J connectivity index is 2.10. The van der Waals surface area contributed by atoms with Crippen molar-refractivity contribution in [2.75, 3.05) is 0 Å². The molecule has 0 radical (unpaired) electrons. The Labute approximate surface area is 124 Å². The average Bonchev–Trinajstić information content (AvgIpc) is 2.80. The second-order valence-electron chi connectivity index (χ2n) is 3.42. The van der Waals surface area contributed by atoms with Crippen molar-refractivity contribution in [1.82, 2.24) is 19.4 Å². The molecular weight excluding hydrogens is 380 g/mol. The highest BCUT2D eigenvalue weighted by molar-refractivity contribution is 9.10. The van der Waals surface area contributed by atoms with Gasteiger partial charge in [0.2, 0.25) is 0 Å². The molecule has 0 N–H and O–H groups in total. The van der Waals surface area contributed by atoms with E-state index in [4.69, 9.17) is 0 Å². The molecule has 0 fully saturated rings. The van der Waals surface area contributed by atoms with Gasteiger partial charge in [-0.05, 0) is 55.8 Å². The molecule has 0 aromatic carbocycles. The minimum absolute atomic E-state index is 0.766. The van der Waals surface area contributed by atoms with Gasteiger partial charge < -0.3 is 4.40 Å². The molecule has 0 saturated carbocycles. The number of hydrogen-bond donors (Lipinski definition) is 0. The molecule has 0 aliphatic rings. The van der Waals surface area contributed by atoms with E-state index in [-0.39, 0.29) is 0 Å². The highest BCUT2D eigenvalue weighted by atomic mass is 79.9. The maximum Gasteiger partial charge on any atom is 0.170 e. The Morgan fingerprint density at radius 2 is 2.00 bits per heavy atom. The third-order valence-electron chi connectivity index (χ3n) is 2.23. The standard InChI is InChI=1S/C11H6Br2N4S/c12-7-2-1-3-15-10(7)18-11-9-14-4-5-17(9)6-8(13)16-11/h1-6H. The molecule has 0 unspecified atom stereocenters. The minimum atomic E-state index is 0.766. The summed E-state index contributed by atoms with van der Waals surface area (Å²) in [5.74, 6) is 0. The van der Waals surface area contributed by atoms with Crippen LogP contribution < -0.4 is 0 Å². The number of aromatic nitrogens is 4. The first-order valence-corrected chi connectivity index (χ1v) is 7.42. The summed E-state index contributed by atoms with van der Waals surface area (Å²) < 4.78 is 3.64. The van der Waals surface area contributed by atoms with Crippen LogP contribution in [-0.4, -0.2) is 19.4 Å². The third kappa shape index (κ3) is 2.30. The van der Waals surface area contributed by atoms with Crippen LogP contribution in [0.3, 0.4) is 0 Å². The number of imidazole rings is 1. The first kappa shape index (κ1) is 12.1. The number of hydrogen-bond acceptors (Lipinski definition) is 4. The van der Waals surface area contributed by atoms with Crippen molar-refractivity contribution >= 4 is 49.3 Å². The van der Waals surface area contributed by atoms with E-state index in [9.17, 15) is 0 Å². The maximum atomic E-state index is 4.45. The Bertz CT molecular complexity index is 713. The molecule has 18 heavy (non-hydrogen) atoms. The van der Waals surface area contributed by atoms with Crippen LogP contribution in [0.4, 0.5) is 0 Å². The monoisotopic (exact) mass is 384 g/mol. The summed E-state index contributed by atoms with van der Waals surface area (Å²) in [6.45, 7) is 0. The molecule has 0 saturated heterocycles. The fourth-order valence-electron chi connectivity index (χ4n) is 1.48. The van der Waals surface area contributed by atoms with Gasteiger partial charge in [0.25, 0.3) is 0 Å².